The van der Waals surface area contributed by atoms with Crippen LogP contribution >= 0.6 is 11.6 Å². The molecule has 0 saturated heterocycles. The zero-order valence-corrected chi connectivity index (χ0v) is 20.5. The highest BCUT2D eigenvalue weighted by Gasteiger charge is 2.57. The third-order valence-corrected chi connectivity index (χ3v) is 7.72. The van der Waals surface area contributed by atoms with Gasteiger partial charge in [-0.25, -0.2) is 9.37 Å². The first kappa shape index (κ1) is 23.1. The van der Waals surface area contributed by atoms with Gasteiger partial charge in [0.2, 0.25) is 5.95 Å². The Morgan fingerprint density at radius 2 is 1.97 bits per heavy atom. The zero-order chi connectivity index (χ0) is 25.4. The second-order valence-electron chi connectivity index (χ2n) is 10.5. The number of fused-ring (bicyclic) bond motifs is 1. The van der Waals surface area contributed by atoms with E-state index < -0.39 is 17.4 Å². The summed E-state index contributed by atoms with van der Waals surface area (Å²) in [5.74, 6) is -1.56. The van der Waals surface area contributed by atoms with E-state index >= 15 is 4.39 Å². The van der Waals surface area contributed by atoms with Gasteiger partial charge in [0, 0.05) is 42.2 Å². The molecule has 1 aromatic carbocycles. The number of carbonyl (C=O) groups excluding carboxylic acids is 1. The van der Waals surface area contributed by atoms with Crippen LogP contribution < -0.4 is 5.32 Å². The molecule has 1 amide bonds. The number of hydrogen-bond acceptors (Lipinski definition) is 4. The summed E-state index contributed by atoms with van der Waals surface area (Å²) >= 11 is 6.59. The topological polar surface area (TPSA) is 84.5 Å². The fraction of sp³-hybridized carbons (Fsp3) is 0.346. The Morgan fingerprint density at radius 3 is 2.64 bits per heavy atom. The highest BCUT2D eigenvalue weighted by molar-refractivity contribution is 6.32. The first-order chi connectivity index (χ1) is 17.0. The first-order valence-electron chi connectivity index (χ1n) is 11.7. The maximum Gasteiger partial charge on any atom is 0.251 e. The van der Waals surface area contributed by atoms with Gasteiger partial charge in [0.15, 0.2) is 0 Å². The van der Waals surface area contributed by atoms with E-state index in [0.717, 1.165) is 25.7 Å². The number of amides is 1. The number of carbonyl (C=O) groups is 1. The van der Waals surface area contributed by atoms with Crippen LogP contribution in [0.5, 0.6) is 0 Å². The number of nitrogens with one attached hydrogen (secondary N) is 1. The normalized spacial score (nSPS) is 25.1. The van der Waals surface area contributed by atoms with Gasteiger partial charge in [-0.05, 0) is 56.2 Å². The molecule has 3 heterocycles. The van der Waals surface area contributed by atoms with E-state index in [-0.39, 0.29) is 44.9 Å². The van der Waals surface area contributed by atoms with E-state index in [2.05, 4.69) is 15.4 Å². The summed E-state index contributed by atoms with van der Waals surface area (Å²) in [6.45, 7) is 1.85. The minimum absolute atomic E-state index is 0.0558. The number of pyridine rings is 1. The second kappa shape index (κ2) is 7.85. The number of benzene rings is 1. The van der Waals surface area contributed by atoms with Gasteiger partial charge in [-0.15, -0.1) is 5.10 Å². The lowest BCUT2D eigenvalue weighted by Crippen LogP contribution is -2.61. The number of aromatic nitrogens is 4. The summed E-state index contributed by atoms with van der Waals surface area (Å²) in [6.07, 6.45) is 6.34. The maximum absolute atomic E-state index is 15.1. The van der Waals surface area contributed by atoms with E-state index in [1.807, 2.05) is 6.92 Å². The van der Waals surface area contributed by atoms with Crippen molar-refractivity contribution >= 4 is 23.2 Å². The van der Waals surface area contributed by atoms with Crippen molar-refractivity contribution in [3.05, 3.63) is 65.2 Å². The van der Waals surface area contributed by atoms with E-state index in [4.69, 9.17) is 11.6 Å². The van der Waals surface area contributed by atoms with E-state index in [0.29, 0.717) is 11.2 Å². The van der Waals surface area contributed by atoms with Crippen LogP contribution in [0.25, 0.3) is 28.0 Å². The molecular formula is C26H24ClF2N5O2. The van der Waals surface area contributed by atoms with Gasteiger partial charge >= 0.3 is 0 Å². The molecule has 2 N–H and O–H groups in total. The fourth-order valence-corrected chi connectivity index (χ4v) is 6.44. The van der Waals surface area contributed by atoms with Gasteiger partial charge in [0.05, 0.1) is 11.2 Å². The minimum atomic E-state index is -0.730. The van der Waals surface area contributed by atoms with Gasteiger partial charge in [0.25, 0.3) is 5.91 Å². The molecule has 186 valence electrons. The molecular weight excluding hydrogens is 488 g/mol. The number of imidazole rings is 1. The summed E-state index contributed by atoms with van der Waals surface area (Å²) in [5, 5.41) is 16.9. The highest BCUT2D eigenvalue weighted by atomic mass is 35.5. The van der Waals surface area contributed by atoms with Crippen molar-refractivity contribution in [3.63, 3.8) is 0 Å². The molecule has 0 radical (unpaired) electrons. The van der Waals surface area contributed by atoms with Crippen molar-refractivity contribution in [2.24, 2.45) is 12.5 Å². The Bertz CT molecular complexity index is 1530. The summed E-state index contributed by atoms with van der Waals surface area (Å²) in [4.78, 5) is 17.4. The molecule has 2 fully saturated rings. The SMILES string of the molecule is Cn1cc(-c2cccc(F)c2-c2nc3cc(C(=O)NC4CC5(C4)CC(C)(O)C5)ccn3c2Cl)c(F)n1. The third-order valence-electron chi connectivity index (χ3n) is 7.36. The lowest BCUT2D eigenvalue weighted by molar-refractivity contribution is -0.159. The van der Waals surface area contributed by atoms with Crippen LogP contribution in [0.1, 0.15) is 43.0 Å². The Morgan fingerprint density at radius 1 is 1.22 bits per heavy atom. The Labute approximate surface area is 210 Å². The van der Waals surface area contributed by atoms with Gasteiger partial charge < -0.3 is 10.4 Å². The first-order valence-corrected chi connectivity index (χ1v) is 12.1. The van der Waals surface area contributed by atoms with Crippen molar-refractivity contribution in [1.82, 2.24) is 24.5 Å². The lowest BCUT2D eigenvalue weighted by atomic mass is 9.48. The molecule has 10 heteroatoms. The van der Waals surface area contributed by atoms with E-state index in [1.165, 1.54) is 23.0 Å². The average molecular weight is 512 g/mol. The van der Waals surface area contributed by atoms with Crippen LogP contribution in [0.4, 0.5) is 8.78 Å². The van der Waals surface area contributed by atoms with Gasteiger partial charge in [-0.3, -0.25) is 13.9 Å². The minimum Gasteiger partial charge on any atom is -0.390 e. The second-order valence-corrected chi connectivity index (χ2v) is 10.9. The van der Waals surface area contributed by atoms with Crippen LogP contribution in [-0.2, 0) is 7.05 Å². The molecule has 3 aromatic heterocycles. The molecule has 4 aromatic rings. The number of aryl methyl sites for hydroxylation is 1. The molecule has 2 aliphatic rings. The molecule has 6 rings (SSSR count). The van der Waals surface area contributed by atoms with Crippen molar-refractivity contribution in [3.8, 4) is 22.4 Å². The summed E-state index contributed by atoms with van der Waals surface area (Å²) in [6, 6.07) is 7.63. The predicted octanol–water partition coefficient (Wildman–Crippen LogP) is 4.76. The molecule has 1 spiro atoms. The van der Waals surface area contributed by atoms with Crippen molar-refractivity contribution < 1.29 is 18.7 Å². The number of aliphatic hydroxyl groups is 1. The van der Waals surface area contributed by atoms with Gasteiger partial charge in [-0.1, -0.05) is 23.7 Å². The monoisotopic (exact) mass is 511 g/mol. The lowest BCUT2D eigenvalue weighted by Gasteiger charge is -2.60. The highest BCUT2D eigenvalue weighted by Crippen LogP contribution is 2.60. The van der Waals surface area contributed by atoms with E-state index in [9.17, 15) is 14.3 Å². The summed E-state index contributed by atoms with van der Waals surface area (Å²) in [5.41, 5.74) is 0.946. The summed E-state index contributed by atoms with van der Waals surface area (Å²) < 4.78 is 32.4. The molecule has 2 saturated carbocycles. The summed E-state index contributed by atoms with van der Waals surface area (Å²) in [7, 11) is 1.58. The molecule has 7 nitrogen and oxygen atoms in total. The average Bonchev–Trinajstić information content (AvgIpc) is 3.28. The van der Waals surface area contributed by atoms with Crippen LogP contribution in [0.15, 0.2) is 42.7 Å². The van der Waals surface area contributed by atoms with Gasteiger partial charge in [0.1, 0.15) is 22.3 Å². The largest absolute Gasteiger partial charge is 0.390 e. The number of rotatable bonds is 4. The van der Waals surface area contributed by atoms with Crippen LogP contribution in [0.2, 0.25) is 5.15 Å². The third kappa shape index (κ3) is 3.69. The Hall–Kier alpha value is -3.30. The molecule has 2 aliphatic carbocycles. The Balaban J connectivity index is 1.30. The predicted molar refractivity (Wildman–Crippen MR) is 131 cm³/mol. The molecule has 36 heavy (non-hydrogen) atoms. The zero-order valence-electron chi connectivity index (χ0n) is 19.7. The molecule has 0 aliphatic heterocycles. The molecule has 0 atom stereocenters. The van der Waals surface area contributed by atoms with Crippen LogP contribution in [0.3, 0.4) is 0 Å². The quantitative estimate of drug-likeness (QED) is 0.414. The number of nitrogens with zero attached hydrogens (tertiary/aromatic N) is 4. The van der Waals surface area contributed by atoms with Crippen LogP contribution in [-0.4, -0.2) is 41.8 Å². The maximum atomic E-state index is 15.1. The number of halogens is 3. The van der Waals surface area contributed by atoms with Crippen molar-refractivity contribution in [2.75, 3.05) is 0 Å². The standard InChI is InChI=1S/C26H24ClF2N5O2/c1-25(36)12-26(13-25)9-15(10-26)30-24(35)14-6-7-34-19(8-14)31-21(22(34)27)20-16(4-3-5-18(20)28)17-11-33(2)32-23(17)29/h3-8,11,15,36H,9-10,12-13H2,1-2H3,(H,30,35). The number of hydrogen-bond donors (Lipinski definition) is 2. The van der Waals surface area contributed by atoms with E-state index in [1.54, 1.807) is 35.8 Å². The van der Waals surface area contributed by atoms with Gasteiger partial charge in [-0.2, -0.15) is 4.39 Å². The smallest absolute Gasteiger partial charge is 0.251 e. The Kier molecular flexibility index (Phi) is 5.04. The van der Waals surface area contributed by atoms with Crippen LogP contribution in [0, 0.1) is 17.2 Å². The van der Waals surface area contributed by atoms with Crippen molar-refractivity contribution in [2.45, 2.75) is 44.2 Å². The molecule has 0 unspecified atom stereocenters. The fourth-order valence-electron chi connectivity index (χ4n) is 6.16. The molecule has 0 bridgehead atoms. The van der Waals surface area contributed by atoms with Crippen molar-refractivity contribution in [1.29, 1.82) is 0 Å².